The third-order valence-corrected chi connectivity index (χ3v) is 7.26. The second-order valence-corrected chi connectivity index (χ2v) is 9.15. The molecule has 32 heavy (non-hydrogen) atoms. The van der Waals surface area contributed by atoms with Crippen LogP contribution in [0.25, 0.3) is 0 Å². The molecule has 6 heteroatoms. The highest BCUT2D eigenvalue weighted by molar-refractivity contribution is 5.95. The number of benzene rings is 2. The number of amides is 1. The second kappa shape index (κ2) is 9.43. The summed E-state index contributed by atoms with van der Waals surface area (Å²) in [4.78, 5) is 27.1. The van der Waals surface area contributed by atoms with E-state index in [0.29, 0.717) is 49.5 Å². The van der Waals surface area contributed by atoms with E-state index in [2.05, 4.69) is 12.1 Å². The van der Waals surface area contributed by atoms with E-state index in [-0.39, 0.29) is 11.8 Å². The molecule has 0 radical (unpaired) electrons. The standard InChI is InChI=1S/C26H32N2O4/c27-17-18-5-3-6-20(15-18)19-11-13-28(14-12-19)24(29)21-7-4-10-23(16-21)26(32,25(30)31)22-8-1-2-9-22/h3-7,10,15-16,19,22,32H,1-2,8-9,11-14,17,27H2,(H,30,31)/t26-/m1/s1. The summed E-state index contributed by atoms with van der Waals surface area (Å²) in [6.45, 7) is 1.81. The Bertz CT molecular complexity index is 977. The van der Waals surface area contributed by atoms with Crippen molar-refractivity contribution in [2.45, 2.75) is 56.6 Å². The molecule has 1 saturated heterocycles. The zero-order chi connectivity index (χ0) is 22.7. The Morgan fingerprint density at radius 1 is 1.00 bits per heavy atom. The first kappa shape index (κ1) is 22.5. The first-order valence-corrected chi connectivity index (χ1v) is 11.6. The number of piperidine rings is 1. The normalized spacial score (nSPS) is 19.6. The summed E-state index contributed by atoms with van der Waals surface area (Å²) < 4.78 is 0. The lowest BCUT2D eigenvalue weighted by Gasteiger charge is -2.33. The number of nitrogens with two attached hydrogens (primary N) is 1. The van der Waals surface area contributed by atoms with Crippen LogP contribution in [0.2, 0.25) is 0 Å². The fourth-order valence-electron chi connectivity index (χ4n) is 5.34. The van der Waals surface area contributed by atoms with Crippen LogP contribution < -0.4 is 5.73 Å². The van der Waals surface area contributed by atoms with Gasteiger partial charge in [0.25, 0.3) is 5.91 Å². The summed E-state index contributed by atoms with van der Waals surface area (Å²) in [6.07, 6.45) is 4.95. The van der Waals surface area contributed by atoms with Gasteiger partial charge in [0.1, 0.15) is 0 Å². The third kappa shape index (κ3) is 4.30. The summed E-state index contributed by atoms with van der Waals surface area (Å²) in [7, 11) is 0. The molecule has 1 saturated carbocycles. The molecule has 170 valence electrons. The maximum Gasteiger partial charge on any atom is 0.340 e. The zero-order valence-corrected chi connectivity index (χ0v) is 18.4. The van der Waals surface area contributed by atoms with E-state index < -0.39 is 11.6 Å². The van der Waals surface area contributed by atoms with E-state index in [1.807, 2.05) is 17.0 Å². The first-order valence-electron chi connectivity index (χ1n) is 11.6. The lowest BCUT2D eigenvalue weighted by Crippen LogP contribution is -2.42. The van der Waals surface area contributed by atoms with Crippen molar-refractivity contribution in [3.05, 3.63) is 70.8 Å². The summed E-state index contributed by atoms with van der Waals surface area (Å²) in [5, 5.41) is 21.0. The van der Waals surface area contributed by atoms with E-state index in [4.69, 9.17) is 5.73 Å². The molecule has 0 bridgehead atoms. The van der Waals surface area contributed by atoms with Crippen molar-refractivity contribution in [1.29, 1.82) is 0 Å². The second-order valence-electron chi connectivity index (χ2n) is 9.15. The number of hydrogen-bond donors (Lipinski definition) is 3. The summed E-state index contributed by atoms with van der Waals surface area (Å²) in [5.74, 6) is -1.28. The Balaban J connectivity index is 1.48. The minimum atomic E-state index is -1.95. The van der Waals surface area contributed by atoms with E-state index in [9.17, 15) is 19.8 Å². The Morgan fingerprint density at radius 3 is 2.34 bits per heavy atom. The molecular formula is C26H32N2O4. The molecule has 0 spiro atoms. The molecular weight excluding hydrogens is 404 g/mol. The molecule has 6 nitrogen and oxygen atoms in total. The largest absolute Gasteiger partial charge is 0.479 e. The van der Waals surface area contributed by atoms with E-state index in [0.717, 1.165) is 31.2 Å². The van der Waals surface area contributed by atoms with Gasteiger partial charge in [0.2, 0.25) is 0 Å². The highest BCUT2D eigenvalue weighted by Gasteiger charge is 2.47. The fourth-order valence-corrected chi connectivity index (χ4v) is 5.34. The molecule has 1 atom stereocenters. The maximum atomic E-state index is 13.2. The van der Waals surface area contributed by atoms with Gasteiger partial charge in [0.05, 0.1) is 0 Å². The Labute approximate surface area is 189 Å². The molecule has 4 N–H and O–H groups in total. The number of carboxylic acid groups (broad SMARTS) is 1. The van der Waals surface area contributed by atoms with E-state index >= 15 is 0 Å². The van der Waals surface area contributed by atoms with Crippen LogP contribution in [0.15, 0.2) is 48.5 Å². The van der Waals surface area contributed by atoms with Gasteiger partial charge in [-0.05, 0) is 60.4 Å². The van der Waals surface area contributed by atoms with Crippen LogP contribution in [-0.4, -0.2) is 40.1 Å². The Morgan fingerprint density at radius 2 is 1.69 bits per heavy atom. The number of aliphatic hydroxyl groups is 1. The van der Waals surface area contributed by atoms with Gasteiger partial charge in [0, 0.05) is 31.1 Å². The topological polar surface area (TPSA) is 104 Å². The van der Waals surface area contributed by atoms with Crippen molar-refractivity contribution >= 4 is 11.9 Å². The Kier molecular flexibility index (Phi) is 6.63. The van der Waals surface area contributed by atoms with Crippen LogP contribution in [0.4, 0.5) is 0 Å². The van der Waals surface area contributed by atoms with E-state index in [1.54, 1.807) is 24.3 Å². The average Bonchev–Trinajstić information content (AvgIpc) is 3.38. The van der Waals surface area contributed by atoms with Crippen LogP contribution in [0.1, 0.15) is 71.5 Å². The average molecular weight is 437 g/mol. The number of aliphatic carboxylic acids is 1. The lowest BCUT2D eigenvalue weighted by molar-refractivity contribution is -0.166. The van der Waals surface area contributed by atoms with Gasteiger partial charge in [-0.2, -0.15) is 0 Å². The number of carbonyl (C=O) groups is 2. The molecule has 4 rings (SSSR count). The number of likely N-dealkylation sites (tertiary alicyclic amines) is 1. The molecule has 2 aromatic rings. The number of hydrogen-bond acceptors (Lipinski definition) is 4. The monoisotopic (exact) mass is 436 g/mol. The number of carboxylic acids is 1. The summed E-state index contributed by atoms with van der Waals surface area (Å²) in [5.41, 5.74) is 6.94. The molecule has 1 heterocycles. The molecule has 1 aliphatic heterocycles. The predicted octanol–water partition coefficient (Wildman–Crippen LogP) is 3.63. The zero-order valence-electron chi connectivity index (χ0n) is 18.4. The molecule has 2 aliphatic rings. The van der Waals surface area contributed by atoms with Crippen molar-refractivity contribution in [2.24, 2.45) is 11.7 Å². The molecule has 2 fully saturated rings. The van der Waals surface area contributed by atoms with E-state index in [1.165, 1.54) is 5.56 Å². The maximum absolute atomic E-state index is 13.2. The van der Waals surface area contributed by atoms with Crippen LogP contribution in [0.5, 0.6) is 0 Å². The van der Waals surface area contributed by atoms with Crippen molar-refractivity contribution in [3.8, 4) is 0 Å². The van der Waals surface area contributed by atoms with Crippen molar-refractivity contribution in [3.63, 3.8) is 0 Å². The molecule has 0 unspecified atom stereocenters. The van der Waals surface area contributed by atoms with Gasteiger partial charge in [0.15, 0.2) is 5.60 Å². The molecule has 1 aliphatic carbocycles. The van der Waals surface area contributed by atoms with Gasteiger partial charge < -0.3 is 20.8 Å². The lowest BCUT2D eigenvalue weighted by atomic mass is 9.79. The van der Waals surface area contributed by atoms with Gasteiger partial charge in [-0.1, -0.05) is 49.2 Å². The SMILES string of the molecule is NCc1cccc(C2CCN(C(=O)c3cccc([C@@](O)(C(=O)O)C4CCCC4)c3)CC2)c1. The minimum Gasteiger partial charge on any atom is -0.479 e. The smallest absolute Gasteiger partial charge is 0.340 e. The molecule has 1 amide bonds. The minimum absolute atomic E-state index is 0.111. The van der Waals surface area contributed by atoms with Crippen LogP contribution in [0.3, 0.4) is 0 Å². The third-order valence-electron chi connectivity index (χ3n) is 7.26. The van der Waals surface area contributed by atoms with Gasteiger partial charge in [-0.3, -0.25) is 4.79 Å². The van der Waals surface area contributed by atoms with Crippen molar-refractivity contribution in [1.82, 2.24) is 4.90 Å². The highest BCUT2D eigenvalue weighted by atomic mass is 16.4. The summed E-state index contributed by atoms with van der Waals surface area (Å²) >= 11 is 0. The van der Waals surface area contributed by atoms with Gasteiger partial charge in [-0.15, -0.1) is 0 Å². The highest BCUT2D eigenvalue weighted by Crippen LogP contribution is 2.41. The fraction of sp³-hybridized carbons (Fsp3) is 0.462. The molecule has 2 aromatic carbocycles. The Hall–Kier alpha value is -2.70. The summed E-state index contributed by atoms with van der Waals surface area (Å²) in [6, 6.07) is 14.9. The van der Waals surface area contributed by atoms with Crippen LogP contribution in [-0.2, 0) is 16.9 Å². The number of nitrogens with zero attached hydrogens (tertiary/aromatic N) is 1. The van der Waals surface area contributed by atoms with Crippen molar-refractivity contribution in [2.75, 3.05) is 13.1 Å². The van der Waals surface area contributed by atoms with Gasteiger partial charge in [-0.25, -0.2) is 4.79 Å². The number of rotatable bonds is 6. The predicted molar refractivity (Wildman–Crippen MR) is 122 cm³/mol. The van der Waals surface area contributed by atoms with Crippen molar-refractivity contribution < 1.29 is 19.8 Å². The quantitative estimate of drug-likeness (QED) is 0.642. The van der Waals surface area contributed by atoms with Gasteiger partial charge >= 0.3 is 5.97 Å². The van der Waals surface area contributed by atoms with Crippen LogP contribution >= 0.6 is 0 Å². The first-order chi connectivity index (χ1) is 15.4. The number of carbonyl (C=O) groups excluding carboxylic acids is 1. The van der Waals surface area contributed by atoms with Crippen LogP contribution in [0, 0.1) is 5.92 Å². The molecule has 0 aromatic heterocycles.